The molecule has 1 aromatic heterocycles. The van der Waals surface area contributed by atoms with Gasteiger partial charge in [0.05, 0.1) is 17.2 Å². The second kappa shape index (κ2) is 8.01. The number of aromatic nitrogens is 2. The molecular weight excluding hydrogens is 370 g/mol. The number of rotatable bonds is 5. The van der Waals surface area contributed by atoms with Gasteiger partial charge >= 0.3 is 5.97 Å². The summed E-state index contributed by atoms with van der Waals surface area (Å²) in [6, 6.07) is 13.4. The summed E-state index contributed by atoms with van der Waals surface area (Å²) in [6.45, 7) is 1.10. The Hall–Kier alpha value is -3.19. The molecule has 0 aliphatic carbocycles. The average molecular weight is 386 g/mol. The lowest BCUT2D eigenvalue weighted by Crippen LogP contribution is -2.33. The molecule has 0 radical (unpaired) electrons. The van der Waals surface area contributed by atoms with Gasteiger partial charge in [0.25, 0.3) is 11.5 Å². The molecule has 0 bridgehead atoms. The molecule has 0 saturated carbocycles. The van der Waals surface area contributed by atoms with Gasteiger partial charge in [-0.05, 0) is 37.3 Å². The van der Waals surface area contributed by atoms with Crippen LogP contribution in [0.25, 0.3) is 10.9 Å². The fourth-order valence-electron chi connectivity index (χ4n) is 2.46. The summed E-state index contributed by atoms with van der Waals surface area (Å²) in [5.74, 6) is -1.22. The van der Waals surface area contributed by atoms with E-state index in [2.05, 4.69) is 10.3 Å². The summed E-state index contributed by atoms with van der Waals surface area (Å²) in [5.41, 5.74) is 0.681. The minimum absolute atomic E-state index is 0.342. The molecule has 3 rings (SSSR count). The maximum absolute atomic E-state index is 12.4. The third-order valence-electron chi connectivity index (χ3n) is 3.80. The fraction of sp³-hybridized carbons (Fsp3) is 0.158. The third-order valence-corrected chi connectivity index (χ3v) is 4.04. The van der Waals surface area contributed by atoms with Crippen LogP contribution in [0.1, 0.15) is 6.92 Å². The molecule has 27 heavy (non-hydrogen) atoms. The molecule has 0 fully saturated rings. The van der Waals surface area contributed by atoms with Crippen LogP contribution in [0.15, 0.2) is 59.7 Å². The first-order valence-electron chi connectivity index (χ1n) is 8.14. The molecule has 3 aromatic rings. The van der Waals surface area contributed by atoms with Crippen LogP contribution in [-0.2, 0) is 20.9 Å². The zero-order chi connectivity index (χ0) is 19.4. The second-order valence-electron chi connectivity index (χ2n) is 5.83. The number of halogens is 1. The number of carbonyl (C=O) groups is 2. The van der Waals surface area contributed by atoms with Gasteiger partial charge in [0.2, 0.25) is 0 Å². The highest BCUT2D eigenvalue weighted by Crippen LogP contribution is 2.15. The van der Waals surface area contributed by atoms with Crippen molar-refractivity contribution in [1.29, 1.82) is 0 Å². The number of amides is 1. The van der Waals surface area contributed by atoms with E-state index in [4.69, 9.17) is 16.3 Å². The van der Waals surface area contributed by atoms with E-state index < -0.39 is 18.0 Å². The zero-order valence-corrected chi connectivity index (χ0v) is 15.1. The van der Waals surface area contributed by atoms with E-state index in [0.29, 0.717) is 21.6 Å². The topological polar surface area (TPSA) is 90.3 Å². The SMILES string of the molecule is C[C@H](OC(=O)Cn1cnc2ccccc2c1=O)C(=O)Nc1cccc(Cl)c1. The smallest absolute Gasteiger partial charge is 0.326 e. The van der Waals surface area contributed by atoms with Crippen molar-refractivity contribution in [2.24, 2.45) is 0 Å². The highest BCUT2D eigenvalue weighted by atomic mass is 35.5. The van der Waals surface area contributed by atoms with Crippen LogP contribution in [0, 0.1) is 0 Å². The van der Waals surface area contributed by atoms with E-state index in [1.54, 1.807) is 48.5 Å². The molecule has 138 valence electrons. The molecule has 1 amide bonds. The van der Waals surface area contributed by atoms with E-state index in [0.717, 1.165) is 4.57 Å². The Morgan fingerprint density at radius 3 is 2.78 bits per heavy atom. The number of carbonyl (C=O) groups excluding carboxylic acids is 2. The van der Waals surface area contributed by atoms with Crippen molar-refractivity contribution >= 4 is 40.1 Å². The van der Waals surface area contributed by atoms with Gasteiger partial charge in [-0.2, -0.15) is 0 Å². The molecule has 7 nitrogen and oxygen atoms in total. The van der Waals surface area contributed by atoms with Gasteiger partial charge in [0.15, 0.2) is 6.10 Å². The number of nitrogens with zero attached hydrogens (tertiary/aromatic N) is 2. The van der Waals surface area contributed by atoms with Gasteiger partial charge in [-0.25, -0.2) is 4.98 Å². The Balaban J connectivity index is 1.64. The van der Waals surface area contributed by atoms with Gasteiger partial charge in [-0.3, -0.25) is 19.0 Å². The van der Waals surface area contributed by atoms with Gasteiger partial charge < -0.3 is 10.1 Å². The van der Waals surface area contributed by atoms with Crippen molar-refractivity contribution in [2.75, 3.05) is 5.32 Å². The van der Waals surface area contributed by atoms with Crippen molar-refractivity contribution in [1.82, 2.24) is 9.55 Å². The predicted octanol–water partition coefficient (Wildman–Crippen LogP) is 2.62. The van der Waals surface area contributed by atoms with Gasteiger partial charge in [0, 0.05) is 10.7 Å². The molecule has 0 unspecified atom stereocenters. The number of benzene rings is 2. The van der Waals surface area contributed by atoms with Crippen LogP contribution in [-0.4, -0.2) is 27.5 Å². The Bertz CT molecular complexity index is 1060. The van der Waals surface area contributed by atoms with E-state index in [9.17, 15) is 14.4 Å². The average Bonchev–Trinajstić information content (AvgIpc) is 2.64. The number of hydrogen-bond acceptors (Lipinski definition) is 5. The lowest BCUT2D eigenvalue weighted by molar-refractivity contribution is -0.153. The van der Waals surface area contributed by atoms with Crippen LogP contribution in [0.4, 0.5) is 5.69 Å². The molecule has 0 spiro atoms. The van der Waals surface area contributed by atoms with Crippen LogP contribution < -0.4 is 10.9 Å². The van der Waals surface area contributed by atoms with Crippen molar-refractivity contribution in [3.63, 3.8) is 0 Å². The molecule has 1 heterocycles. The van der Waals surface area contributed by atoms with E-state index >= 15 is 0 Å². The van der Waals surface area contributed by atoms with Crippen LogP contribution in [0.2, 0.25) is 5.02 Å². The summed E-state index contributed by atoms with van der Waals surface area (Å²) in [4.78, 5) is 40.8. The Kier molecular flexibility index (Phi) is 5.52. The lowest BCUT2D eigenvalue weighted by Gasteiger charge is -2.14. The second-order valence-corrected chi connectivity index (χ2v) is 6.26. The van der Waals surface area contributed by atoms with Crippen LogP contribution in [0.5, 0.6) is 0 Å². The first-order chi connectivity index (χ1) is 12.9. The molecule has 0 aliphatic rings. The normalized spacial score (nSPS) is 11.8. The summed E-state index contributed by atoms with van der Waals surface area (Å²) in [6.07, 6.45) is 0.239. The van der Waals surface area contributed by atoms with Crippen molar-refractivity contribution in [3.8, 4) is 0 Å². The minimum Gasteiger partial charge on any atom is -0.451 e. The Morgan fingerprint density at radius 2 is 2.00 bits per heavy atom. The maximum Gasteiger partial charge on any atom is 0.326 e. The molecule has 1 N–H and O–H groups in total. The van der Waals surface area contributed by atoms with E-state index in [-0.39, 0.29) is 12.1 Å². The van der Waals surface area contributed by atoms with E-state index in [1.165, 1.54) is 13.3 Å². The largest absolute Gasteiger partial charge is 0.451 e. The standard InChI is InChI=1S/C19H16ClN3O4/c1-12(18(25)22-14-6-4-5-13(20)9-14)27-17(24)10-23-11-21-16-8-3-2-7-15(16)19(23)26/h2-9,11-12H,10H2,1H3,(H,22,25)/t12-/m0/s1. The fourth-order valence-corrected chi connectivity index (χ4v) is 2.65. The monoisotopic (exact) mass is 385 g/mol. The number of fused-ring (bicyclic) bond motifs is 1. The first kappa shape index (κ1) is 18.6. The predicted molar refractivity (Wildman–Crippen MR) is 102 cm³/mol. The van der Waals surface area contributed by atoms with E-state index in [1.807, 2.05) is 0 Å². The first-order valence-corrected chi connectivity index (χ1v) is 8.52. The van der Waals surface area contributed by atoms with Crippen molar-refractivity contribution < 1.29 is 14.3 Å². The molecular formula is C19H16ClN3O4. The molecule has 1 atom stereocenters. The highest BCUT2D eigenvalue weighted by molar-refractivity contribution is 6.30. The zero-order valence-electron chi connectivity index (χ0n) is 14.4. The molecule has 2 aromatic carbocycles. The summed E-state index contributed by atoms with van der Waals surface area (Å²) in [7, 11) is 0. The molecule has 8 heteroatoms. The van der Waals surface area contributed by atoms with Crippen molar-refractivity contribution in [3.05, 3.63) is 70.2 Å². The minimum atomic E-state index is -1.04. The number of ether oxygens (including phenoxy) is 1. The number of hydrogen-bond donors (Lipinski definition) is 1. The van der Waals surface area contributed by atoms with Crippen molar-refractivity contribution in [2.45, 2.75) is 19.6 Å². The van der Waals surface area contributed by atoms with Gasteiger partial charge in [0.1, 0.15) is 6.54 Å². The van der Waals surface area contributed by atoms with Gasteiger partial charge in [-0.1, -0.05) is 29.8 Å². The number of anilines is 1. The molecule has 0 saturated heterocycles. The highest BCUT2D eigenvalue weighted by Gasteiger charge is 2.19. The number of para-hydroxylation sites is 1. The quantitative estimate of drug-likeness (QED) is 0.682. The number of nitrogens with one attached hydrogen (secondary N) is 1. The Labute approximate surface area is 159 Å². The maximum atomic E-state index is 12.4. The molecule has 0 aliphatic heterocycles. The Morgan fingerprint density at radius 1 is 1.22 bits per heavy atom. The summed E-state index contributed by atoms with van der Waals surface area (Å²) >= 11 is 5.86. The number of esters is 1. The third kappa shape index (κ3) is 4.51. The lowest BCUT2D eigenvalue weighted by atomic mass is 10.2. The van der Waals surface area contributed by atoms with Crippen LogP contribution in [0.3, 0.4) is 0 Å². The summed E-state index contributed by atoms with van der Waals surface area (Å²) < 4.78 is 6.26. The summed E-state index contributed by atoms with van der Waals surface area (Å²) in [5, 5.41) is 3.48. The van der Waals surface area contributed by atoms with Crippen LogP contribution >= 0.6 is 11.6 Å². The van der Waals surface area contributed by atoms with Gasteiger partial charge in [-0.15, -0.1) is 0 Å².